The Balaban J connectivity index is 1.46. The summed E-state index contributed by atoms with van der Waals surface area (Å²) in [6.07, 6.45) is 9.50. The first-order chi connectivity index (χ1) is 13.6. The zero-order chi connectivity index (χ0) is 19.3. The molecule has 8 heteroatoms. The second kappa shape index (κ2) is 6.25. The van der Waals surface area contributed by atoms with Crippen molar-refractivity contribution >= 4 is 17.5 Å². The topological polar surface area (TPSA) is 79.5 Å². The van der Waals surface area contributed by atoms with Crippen LogP contribution in [0.2, 0.25) is 0 Å². The lowest BCUT2D eigenvalue weighted by Crippen LogP contribution is -2.48. The Bertz CT molecular complexity index is 1020. The van der Waals surface area contributed by atoms with Gasteiger partial charge in [-0.1, -0.05) is 0 Å². The zero-order valence-corrected chi connectivity index (χ0v) is 16.2. The molecule has 0 radical (unpaired) electrons. The van der Waals surface area contributed by atoms with Crippen molar-refractivity contribution in [2.75, 3.05) is 32.1 Å². The minimum atomic E-state index is -0.0750. The number of hydrogen-bond acceptors (Lipinski definition) is 6. The first kappa shape index (κ1) is 17.1. The first-order valence-corrected chi connectivity index (χ1v) is 9.69. The molecule has 0 N–H and O–H groups in total. The Morgan fingerprint density at radius 1 is 1.25 bits per heavy atom. The molecule has 1 amide bonds. The number of hydrogen-bond donors (Lipinski definition) is 0. The number of fused-ring (bicyclic) bond motifs is 3. The van der Waals surface area contributed by atoms with E-state index in [4.69, 9.17) is 4.98 Å². The molecule has 0 saturated carbocycles. The number of anilines is 1. The van der Waals surface area contributed by atoms with Crippen LogP contribution in [0.25, 0.3) is 5.65 Å². The van der Waals surface area contributed by atoms with Gasteiger partial charge in [-0.2, -0.15) is 5.10 Å². The van der Waals surface area contributed by atoms with E-state index in [1.165, 1.54) is 5.56 Å². The van der Waals surface area contributed by atoms with Crippen molar-refractivity contribution in [3.8, 4) is 0 Å². The van der Waals surface area contributed by atoms with Crippen LogP contribution in [0.4, 0.5) is 5.95 Å². The van der Waals surface area contributed by atoms with Crippen LogP contribution in [0.1, 0.15) is 41.0 Å². The fraction of sp³-hybridized carbons (Fsp3) is 0.450. The van der Waals surface area contributed by atoms with Crippen molar-refractivity contribution in [1.29, 1.82) is 0 Å². The number of piperidine rings is 1. The van der Waals surface area contributed by atoms with Gasteiger partial charge in [-0.15, -0.1) is 0 Å². The standard InChI is InChI=1S/C20H23N7O/c1-25(2)19-22-12-14-5-7-20(17(14)23-19)6-3-9-26(13-20)18(28)15-11-16-21-8-4-10-27(16)24-15/h4,8,10-12H,3,5-7,9,13H2,1-2H3. The quantitative estimate of drug-likeness (QED) is 0.676. The predicted molar refractivity (Wildman–Crippen MR) is 104 cm³/mol. The van der Waals surface area contributed by atoms with Crippen molar-refractivity contribution in [3.05, 3.63) is 47.7 Å². The summed E-state index contributed by atoms with van der Waals surface area (Å²) in [4.78, 5) is 30.7. The van der Waals surface area contributed by atoms with Gasteiger partial charge < -0.3 is 9.80 Å². The molecule has 1 fully saturated rings. The Morgan fingerprint density at radius 3 is 2.96 bits per heavy atom. The number of aromatic nitrogens is 5. The van der Waals surface area contributed by atoms with Crippen molar-refractivity contribution in [2.45, 2.75) is 31.1 Å². The van der Waals surface area contributed by atoms with Crippen LogP contribution in [0.15, 0.2) is 30.7 Å². The van der Waals surface area contributed by atoms with E-state index in [0.717, 1.165) is 43.9 Å². The third-order valence-electron chi connectivity index (χ3n) is 5.95. The molecule has 1 spiro atoms. The smallest absolute Gasteiger partial charge is 0.274 e. The second-order valence-electron chi connectivity index (χ2n) is 8.00. The third kappa shape index (κ3) is 2.63. The van der Waals surface area contributed by atoms with E-state index < -0.39 is 0 Å². The van der Waals surface area contributed by atoms with Gasteiger partial charge in [0.1, 0.15) is 0 Å². The molecule has 0 bridgehead atoms. The highest BCUT2D eigenvalue weighted by Crippen LogP contribution is 2.44. The van der Waals surface area contributed by atoms with Crippen LogP contribution in [0, 0.1) is 0 Å². The molecule has 3 aromatic rings. The van der Waals surface area contributed by atoms with Crippen LogP contribution < -0.4 is 4.90 Å². The largest absolute Gasteiger partial charge is 0.347 e. The summed E-state index contributed by atoms with van der Waals surface area (Å²) in [5.41, 5.74) is 3.41. The van der Waals surface area contributed by atoms with Crippen LogP contribution in [0.5, 0.6) is 0 Å². The number of carbonyl (C=O) groups excluding carboxylic acids is 1. The lowest BCUT2D eigenvalue weighted by atomic mass is 9.77. The Hall–Kier alpha value is -3.03. The maximum absolute atomic E-state index is 13.2. The van der Waals surface area contributed by atoms with Crippen molar-refractivity contribution in [1.82, 2.24) is 29.5 Å². The lowest BCUT2D eigenvalue weighted by Gasteiger charge is -2.40. The van der Waals surface area contributed by atoms with Gasteiger partial charge in [0.05, 0.1) is 5.69 Å². The summed E-state index contributed by atoms with van der Waals surface area (Å²) in [6.45, 7) is 1.44. The van der Waals surface area contributed by atoms with E-state index in [2.05, 4.69) is 15.1 Å². The van der Waals surface area contributed by atoms with Gasteiger partial charge in [-0.3, -0.25) is 4.79 Å². The van der Waals surface area contributed by atoms with E-state index in [1.807, 2.05) is 42.4 Å². The Labute approximate surface area is 163 Å². The molecule has 1 unspecified atom stereocenters. The minimum Gasteiger partial charge on any atom is -0.347 e. The number of amides is 1. The fourth-order valence-corrected chi connectivity index (χ4v) is 4.55. The van der Waals surface area contributed by atoms with E-state index in [-0.39, 0.29) is 11.3 Å². The summed E-state index contributed by atoms with van der Waals surface area (Å²) in [6, 6.07) is 3.57. The monoisotopic (exact) mass is 377 g/mol. The molecule has 5 rings (SSSR count). The van der Waals surface area contributed by atoms with E-state index >= 15 is 0 Å². The molecule has 8 nitrogen and oxygen atoms in total. The maximum Gasteiger partial charge on any atom is 0.274 e. The first-order valence-electron chi connectivity index (χ1n) is 9.69. The number of carbonyl (C=O) groups is 1. The molecule has 1 saturated heterocycles. The molecule has 4 heterocycles. The van der Waals surface area contributed by atoms with Gasteiger partial charge >= 0.3 is 0 Å². The van der Waals surface area contributed by atoms with Crippen molar-refractivity contribution < 1.29 is 4.79 Å². The fourth-order valence-electron chi connectivity index (χ4n) is 4.55. The lowest BCUT2D eigenvalue weighted by molar-refractivity contribution is 0.0627. The summed E-state index contributed by atoms with van der Waals surface area (Å²) in [5.74, 6) is 0.704. The highest BCUT2D eigenvalue weighted by atomic mass is 16.2. The Morgan fingerprint density at radius 2 is 2.14 bits per heavy atom. The average molecular weight is 377 g/mol. The minimum absolute atomic E-state index is 0.0279. The van der Waals surface area contributed by atoms with Crippen molar-refractivity contribution in [3.63, 3.8) is 0 Å². The predicted octanol–water partition coefficient (Wildman–Crippen LogP) is 1.71. The van der Waals surface area contributed by atoms with E-state index in [0.29, 0.717) is 17.9 Å². The summed E-state index contributed by atoms with van der Waals surface area (Å²) in [5, 5.41) is 4.42. The number of nitrogens with zero attached hydrogens (tertiary/aromatic N) is 7. The molecule has 2 aliphatic rings. The van der Waals surface area contributed by atoms with Crippen LogP contribution in [0.3, 0.4) is 0 Å². The molecular weight excluding hydrogens is 354 g/mol. The number of aryl methyl sites for hydroxylation is 1. The van der Waals surface area contributed by atoms with Crippen LogP contribution >= 0.6 is 0 Å². The molecule has 1 atom stereocenters. The third-order valence-corrected chi connectivity index (χ3v) is 5.95. The van der Waals surface area contributed by atoms with Crippen LogP contribution in [-0.4, -0.2) is 62.6 Å². The van der Waals surface area contributed by atoms with E-state index in [1.54, 1.807) is 16.8 Å². The highest BCUT2D eigenvalue weighted by molar-refractivity contribution is 5.93. The molecule has 3 aromatic heterocycles. The van der Waals surface area contributed by atoms with E-state index in [9.17, 15) is 4.79 Å². The van der Waals surface area contributed by atoms with Gasteiger partial charge in [-0.25, -0.2) is 19.5 Å². The SMILES string of the molecule is CN(C)c1ncc2c(n1)C1(CCCN(C(=O)c3cc4ncccn4n3)C1)CC2. The summed E-state index contributed by atoms with van der Waals surface area (Å²) < 4.78 is 1.65. The summed E-state index contributed by atoms with van der Waals surface area (Å²) in [7, 11) is 3.91. The molecular formula is C20H23N7O. The molecule has 0 aromatic carbocycles. The molecule has 1 aliphatic heterocycles. The van der Waals surface area contributed by atoms with Gasteiger partial charge in [0.15, 0.2) is 11.3 Å². The molecule has 144 valence electrons. The number of likely N-dealkylation sites (tertiary alicyclic amines) is 1. The van der Waals surface area contributed by atoms with Gasteiger partial charge in [0.2, 0.25) is 5.95 Å². The second-order valence-corrected chi connectivity index (χ2v) is 8.00. The van der Waals surface area contributed by atoms with Crippen molar-refractivity contribution in [2.24, 2.45) is 0 Å². The summed E-state index contributed by atoms with van der Waals surface area (Å²) >= 11 is 0. The number of rotatable bonds is 2. The molecule has 1 aliphatic carbocycles. The van der Waals surface area contributed by atoms with Crippen LogP contribution in [-0.2, 0) is 11.8 Å². The normalized spacial score (nSPS) is 21.3. The van der Waals surface area contributed by atoms with Gasteiger partial charge in [0.25, 0.3) is 5.91 Å². The van der Waals surface area contributed by atoms with Gasteiger partial charge in [-0.05, 0) is 37.3 Å². The molecule has 28 heavy (non-hydrogen) atoms. The highest BCUT2D eigenvalue weighted by Gasteiger charge is 2.45. The van der Waals surface area contributed by atoms with Gasteiger partial charge in [0, 0.05) is 57.3 Å². The average Bonchev–Trinajstić information content (AvgIpc) is 3.29. The maximum atomic E-state index is 13.2. The Kier molecular flexibility index (Phi) is 3.82. The zero-order valence-electron chi connectivity index (χ0n) is 16.2.